The van der Waals surface area contributed by atoms with Crippen molar-refractivity contribution in [3.63, 3.8) is 0 Å². The van der Waals surface area contributed by atoms with Crippen LogP contribution in [-0.2, 0) is 44.6 Å². The zero-order valence-corrected chi connectivity index (χ0v) is 18.1. The van der Waals surface area contributed by atoms with Crippen LogP contribution in [0.25, 0.3) is 11.1 Å². The summed E-state index contributed by atoms with van der Waals surface area (Å²) in [7, 11) is 0. The van der Waals surface area contributed by atoms with E-state index in [-0.39, 0.29) is 5.79 Å². The lowest BCUT2D eigenvalue weighted by Gasteiger charge is -2.30. The van der Waals surface area contributed by atoms with Gasteiger partial charge in [0, 0.05) is 43.6 Å². The third-order valence-corrected chi connectivity index (χ3v) is 7.48. The first-order valence-electron chi connectivity index (χ1n) is 11.8. The third kappa shape index (κ3) is 3.72. The van der Waals surface area contributed by atoms with E-state index in [1.54, 1.807) is 0 Å². The second-order valence-corrected chi connectivity index (χ2v) is 9.26. The lowest BCUT2D eigenvalue weighted by molar-refractivity contribution is -0.167. The van der Waals surface area contributed by atoms with Crippen molar-refractivity contribution in [3.8, 4) is 11.1 Å². The minimum absolute atomic E-state index is 0.368. The minimum atomic E-state index is -0.395. The molecule has 4 aliphatic rings. The molecule has 0 amide bonds. The van der Waals surface area contributed by atoms with Crippen LogP contribution in [0.3, 0.4) is 0 Å². The Balaban J connectivity index is 1.31. The maximum Gasteiger partial charge on any atom is 0.169 e. The fraction of sp³-hybridized carbons (Fsp3) is 0.577. The Morgan fingerprint density at radius 2 is 1.42 bits per heavy atom. The first-order valence-corrected chi connectivity index (χ1v) is 11.8. The van der Waals surface area contributed by atoms with Gasteiger partial charge in [-0.1, -0.05) is 18.2 Å². The van der Waals surface area contributed by atoms with Gasteiger partial charge in [-0.25, -0.2) is 0 Å². The zero-order valence-electron chi connectivity index (χ0n) is 18.1. The number of benzene rings is 1. The number of fused-ring (bicyclic) bond motifs is 2. The average Bonchev–Trinajstić information content (AvgIpc) is 3.41. The second kappa shape index (κ2) is 7.96. The van der Waals surface area contributed by atoms with E-state index in [2.05, 4.69) is 24.3 Å². The predicted molar refractivity (Wildman–Crippen MR) is 116 cm³/mol. The molecule has 2 saturated heterocycles. The van der Waals surface area contributed by atoms with E-state index >= 15 is 0 Å². The number of aryl methyl sites for hydroxylation is 3. The molecule has 0 bridgehead atoms. The molecule has 5 heteroatoms. The lowest BCUT2D eigenvalue weighted by atomic mass is 9.87. The highest BCUT2D eigenvalue weighted by molar-refractivity contribution is 5.69. The quantitative estimate of drug-likeness (QED) is 0.693. The van der Waals surface area contributed by atoms with Crippen molar-refractivity contribution < 1.29 is 18.9 Å². The Morgan fingerprint density at radius 3 is 2.19 bits per heavy atom. The van der Waals surface area contributed by atoms with Gasteiger partial charge in [0.2, 0.25) is 0 Å². The van der Waals surface area contributed by atoms with Crippen LogP contribution in [0.4, 0.5) is 0 Å². The molecule has 5 nitrogen and oxygen atoms in total. The summed E-state index contributed by atoms with van der Waals surface area (Å²) in [5, 5.41) is 0. The van der Waals surface area contributed by atoms with Crippen LogP contribution in [0.1, 0.15) is 54.5 Å². The zero-order chi connectivity index (χ0) is 20.7. The van der Waals surface area contributed by atoms with Gasteiger partial charge in [0.25, 0.3) is 0 Å². The van der Waals surface area contributed by atoms with E-state index in [1.807, 2.05) is 6.20 Å². The summed E-state index contributed by atoms with van der Waals surface area (Å²) >= 11 is 0. The number of aromatic nitrogens is 1. The van der Waals surface area contributed by atoms with Gasteiger partial charge in [-0.05, 0) is 59.9 Å². The van der Waals surface area contributed by atoms with Crippen LogP contribution in [0.2, 0.25) is 0 Å². The Labute approximate surface area is 184 Å². The summed E-state index contributed by atoms with van der Waals surface area (Å²) in [4.78, 5) is 4.70. The topological polar surface area (TPSA) is 49.8 Å². The van der Waals surface area contributed by atoms with Crippen molar-refractivity contribution >= 4 is 0 Å². The van der Waals surface area contributed by atoms with E-state index in [4.69, 9.17) is 23.9 Å². The lowest BCUT2D eigenvalue weighted by Crippen LogP contribution is -2.32. The standard InChI is InChI=1S/C26H30NO4/c1-2-24-23(7-12-25(9-1)28-14-15-29-25)22(8-13-27-24)21-4-3-19-5-10-26(30-16-17-31-26)11-6-20(19)18-21/h3-4,13,18H,1-2,5-7,9-12,14-17H2. The molecule has 0 saturated carbocycles. The molecule has 3 heterocycles. The Kier molecular flexibility index (Phi) is 5.10. The Bertz CT molecular complexity index is 960. The highest BCUT2D eigenvalue weighted by atomic mass is 16.7. The van der Waals surface area contributed by atoms with Gasteiger partial charge >= 0.3 is 0 Å². The Hall–Kier alpha value is -1.79. The monoisotopic (exact) mass is 420 g/mol. The molecule has 1 aromatic carbocycles. The van der Waals surface area contributed by atoms with Crippen LogP contribution in [-0.4, -0.2) is 43.0 Å². The largest absolute Gasteiger partial charge is 0.348 e. The molecule has 1 radical (unpaired) electrons. The molecule has 6 rings (SSSR count). The van der Waals surface area contributed by atoms with Gasteiger partial charge in [0.05, 0.1) is 26.4 Å². The van der Waals surface area contributed by atoms with Crippen molar-refractivity contribution in [1.29, 1.82) is 0 Å². The normalized spacial score (nSPS) is 24.4. The van der Waals surface area contributed by atoms with E-state index < -0.39 is 5.79 Å². The molecular weight excluding hydrogens is 390 g/mol. The molecule has 163 valence electrons. The molecule has 0 atom stereocenters. The van der Waals surface area contributed by atoms with Crippen molar-refractivity contribution in [2.75, 3.05) is 26.4 Å². The van der Waals surface area contributed by atoms with Crippen LogP contribution in [0.15, 0.2) is 24.4 Å². The van der Waals surface area contributed by atoms with Crippen LogP contribution in [0.5, 0.6) is 0 Å². The molecule has 2 fully saturated rings. The highest BCUT2D eigenvalue weighted by Gasteiger charge is 2.38. The maximum absolute atomic E-state index is 6.04. The first kappa shape index (κ1) is 19.9. The number of ether oxygens (including phenoxy) is 4. The molecule has 2 aromatic rings. The summed E-state index contributed by atoms with van der Waals surface area (Å²) in [6.45, 7) is 2.85. The van der Waals surface area contributed by atoms with Crippen molar-refractivity contribution in [1.82, 2.24) is 4.98 Å². The number of hydrogen-bond donors (Lipinski definition) is 0. The number of nitrogens with zero attached hydrogens (tertiary/aromatic N) is 1. The summed E-state index contributed by atoms with van der Waals surface area (Å²) in [5.41, 5.74) is 7.79. The number of pyridine rings is 1. The molecule has 2 spiro atoms. The summed E-state index contributed by atoms with van der Waals surface area (Å²) in [5.74, 6) is -0.763. The second-order valence-electron chi connectivity index (χ2n) is 9.26. The van der Waals surface area contributed by atoms with Gasteiger partial charge in [-0.3, -0.25) is 4.98 Å². The predicted octanol–water partition coefficient (Wildman–Crippen LogP) is 4.18. The molecule has 2 aliphatic carbocycles. The van der Waals surface area contributed by atoms with Gasteiger partial charge in [0.1, 0.15) is 0 Å². The molecule has 0 unspecified atom stereocenters. The molecule has 2 aliphatic heterocycles. The summed E-state index contributed by atoms with van der Waals surface area (Å²) in [6, 6.07) is 10.4. The Morgan fingerprint density at radius 1 is 0.742 bits per heavy atom. The molecule has 1 aromatic heterocycles. The minimum Gasteiger partial charge on any atom is -0.348 e. The summed E-state index contributed by atoms with van der Waals surface area (Å²) in [6.07, 6.45) is 10.5. The third-order valence-electron chi connectivity index (χ3n) is 7.48. The van der Waals surface area contributed by atoms with E-state index in [0.29, 0.717) is 26.4 Å². The van der Waals surface area contributed by atoms with Gasteiger partial charge < -0.3 is 18.9 Å². The molecular formula is C26H30NO4. The first-order chi connectivity index (χ1) is 15.2. The summed E-state index contributed by atoms with van der Waals surface area (Å²) < 4.78 is 24.1. The van der Waals surface area contributed by atoms with Crippen LogP contribution < -0.4 is 0 Å². The maximum atomic E-state index is 6.04. The smallest absolute Gasteiger partial charge is 0.169 e. The van der Waals surface area contributed by atoms with Gasteiger partial charge in [-0.15, -0.1) is 0 Å². The molecule has 31 heavy (non-hydrogen) atoms. The van der Waals surface area contributed by atoms with E-state index in [1.165, 1.54) is 33.5 Å². The van der Waals surface area contributed by atoms with E-state index in [0.717, 1.165) is 57.8 Å². The van der Waals surface area contributed by atoms with Crippen molar-refractivity contribution in [3.05, 3.63) is 52.8 Å². The number of hydrogen-bond acceptors (Lipinski definition) is 5. The van der Waals surface area contributed by atoms with Crippen molar-refractivity contribution in [2.24, 2.45) is 0 Å². The van der Waals surface area contributed by atoms with E-state index in [9.17, 15) is 0 Å². The fourth-order valence-corrected chi connectivity index (χ4v) is 5.80. The van der Waals surface area contributed by atoms with Crippen LogP contribution >= 0.6 is 0 Å². The van der Waals surface area contributed by atoms with Crippen LogP contribution in [0, 0.1) is 6.07 Å². The average molecular weight is 421 g/mol. The fourth-order valence-electron chi connectivity index (χ4n) is 5.80. The van der Waals surface area contributed by atoms with Gasteiger partial charge in [0.15, 0.2) is 11.6 Å². The SMILES string of the molecule is [c]1cnc2c(c1-c1ccc3c(c1)CCC1(CC3)OCCO1)CCC1(CCC2)OCCO1. The number of rotatable bonds is 1. The molecule has 0 N–H and O–H groups in total. The van der Waals surface area contributed by atoms with Crippen molar-refractivity contribution in [2.45, 2.75) is 69.4 Å². The van der Waals surface area contributed by atoms with Gasteiger partial charge in [-0.2, -0.15) is 0 Å². The highest BCUT2D eigenvalue weighted by Crippen LogP contribution is 2.39.